The summed E-state index contributed by atoms with van der Waals surface area (Å²) in [5, 5.41) is 15.5. The molecule has 1 aliphatic heterocycles. The number of aryl methyl sites for hydroxylation is 2. The Balaban J connectivity index is 1.64. The number of amides is 2. The van der Waals surface area contributed by atoms with Crippen LogP contribution in [0.4, 0.5) is 4.79 Å². The molecule has 2 amide bonds. The van der Waals surface area contributed by atoms with Crippen LogP contribution in [0.3, 0.4) is 0 Å². The first-order valence-electron chi connectivity index (χ1n) is 7.92. The molecule has 0 fully saturated rings. The minimum absolute atomic E-state index is 0.141. The Morgan fingerprint density at radius 2 is 2.26 bits per heavy atom. The van der Waals surface area contributed by atoms with E-state index in [-0.39, 0.29) is 18.0 Å². The molecule has 0 saturated heterocycles. The molecule has 2 N–H and O–H groups in total. The second kappa shape index (κ2) is 6.66. The predicted molar refractivity (Wildman–Crippen MR) is 88.1 cm³/mol. The number of carbonyl (C=O) groups is 1. The van der Waals surface area contributed by atoms with Gasteiger partial charge in [-0.2, -0.15) is 0 Å². The molecule has 124 valence electrons. The summed E-state index contributed by atoms with van der Waals surface area (Å²) >= 11 is 1.59. The summed E-state index contributed by atoms with van der Waals surface area (Å²) < 4.78 is 2.14. The molecule has 7 nitrogen and oxygen atoms in total. The van der Waals surface area contributed by atoms with Crippen LogP contribution in [-0.2, 0) is 19.5 Å². The van der Waals surface area contributed by atoms with Crippen molar-refractivity contribution in [2.24, 2.45) is 5.92 Å². The second-order valence-corrected chi connectivity index (χ2v) is 7.44. The monoisotopic (exact) mass is 334 g/mol. The molecule has 2 aromatic heterocycles. The molecule has 0 aromatic carbocycles. The summed E-state index contributed by atoms with van der Waals surface area (Å²) in [6.07, 6.45) is 3.86. The van der Waals surface area contributed by atoms with Gasteiger partial charge in [-0.1, -0.05) is 13.8 Å². The van der Waals surface area contributed by atoms with Gasteiger partial charge in [-0.15, -0.1) is 21.5 Å². The number of nitrogens with zero attached hydrogens (tertiary/aromatic N) is 4. The highest BCUT2D eigenvalue weighted by molar-refractivity contribution is 7.11. The van der Waals surface area contributed by atoms with Crippen LogP contribution < -0.4 is 10.6 Å². The van der Waals surface area contributed by atoms with Crippen LogP contribution in [0.1, 0.15) is 47.8 Å². The van der Waals surface area contributed by atoms with Crippen molar-refractivity contribution in [3.8, 4) is 0 Å². The number of urea groups is 1. The first-order valence-corrected chi connectivity index (χ1v) is 8.74. The van der Waals surface area contributed by atoms with E-state index < -0.39 is 0 Å². The van der Waals surface area contributed by atoms with Gasteiger partial charge in [-0.3, -0.25) is 0 Å². The third kappa shape index (κ3) is 3.52. The molecule has 1 unspecified atom stereocenters. The highest BCUT2D eigenvalue weighted by Gasteiger charge is 2.27. The highest BCUT2D eigenvalue weighted by atomic mass is 32.1. The summed E-state index contributed by atoms with van der Waals surface area (Å²) in [6.45, 7) is 7.53. The molecule has 8 heteroatoms. The minimum atomic E-state index is -0.190. The number of thiazole rings is 1. The van der Waals surface area contributed by atoms with Crippen LogP contribution in [0.2, 0.25) is 0 Å². The predicted octanol–water partition coefficient (Wildman–Crippen LogP) is 2.19. The number of fused-ring (bicyclic) bond motifs is 1. The van der Waals surface area contributed by atoms with Crippen LogP contribution >= 0.6 is 11.3 Å². The number of carbonyl (C=O) groups excluding carboxylic acids is 1. The molecular formula is C15H22N6OS. The molecule has 0 radical (unpaired) electrons. The van der Waals surface area contributed by atoms with Crippen molar-refractivity contribution in [3.63, 3.8) is 0 Å². The summed E-state index contributed by atoms with van der Waals surface area (Å²) in [4.78, 5) is 17.5. The fraction of sp³-hybridized carbons (Fsp3) is 0.600. The molecule has 0 aliphatic carbocycles. The van der Waals surface area contributed by atoms with Crippen molar-refractivity contribution in [3.05, 3.63) is 27.7 Å². The maximum atomic E-state index is 12.2. The normalized spacial score (nSPS) is 14.8. The van der Waals surface area contributed by atoms with Gasteiger partial charge in [0.2, 0.25) is 0 Å². The van der Waals surface area contributed by atoms with Crippen LogP contribution in [0.25, 0.3) is 0 Å². The summed E-state index contributed by atoms with van der Waals surface area (Å²) in [7, 11) is 0. The molecule has 3 rings (SSSR count). The number of hydrogen-bond acceptors (Lipinski definition) is 5. The fourth-order valence-electron chi connectivity index (χ4n) is 2.78. The van der Waals surface area contributed by atoms with E-state index in [9.17, 15) is 4.79 Å². The average Bonchev–Trinajstić information content (AvgIpc) is 3.19. The number of aromatic nitrogens is 4. The molecule has 2 aromatic rings. The van der Waals surface area contributed by atoms with Crippen molar-refractivity contribution in [1.29, 1.82) is 0 Å². The lowest BCUT2D eigenvalue weighted by atomic mass is 10.0. The molecule has 23 heavy (non-hydrogen) atoms. The standard InChI is InChI=1S/C15H22N6OS/c1-9(2)13(14-20-19-12-5-4-6-21(12)14)18-15(22)17-8-11-7-16-10(3)23-11/h7,9,13H,4-6,8H2,1-3H3,(H2,17,18,22). The molecule has 0 saturated carbocycles. The Kier molecular flexibility index (Phi) is 4.61. The van der Waals surface area contributed by atoms with E-state index in [2.05, 4.69) is 44.2 Å². The van der Waals surface area contributed by atoms with E-state index >= 15 is 0 Å². The first-order chi connectivity index (χ1) is 11.0. The molecule has 0 spiro atoms. The Morgan fingerprint density at radius 3 is 2.96 bits per heavy atom. The van der Waals surface area contributed by atoms with Crippen LogP contribution in [-0.4, -0.2) is 25.8 Å². The van der Waals surface area contributed by atoms with Crippen LogP contribution in [0.5, 0.6) is 0 Å². The second-order valence-electron chi connectivity index (χ2n) is 6.12. The smallest absolute Gasteiger partial charge is 0.315 e. The zero-order valence-electron chi connectivity index (χ0n) is 13.7. The quantitative estimate of drug-likeness (QED) is 0.878. The lowest BCUT2D eigenvalue weighted by Crippen LogP contribution is -2.40. The van der Waals surface area contributed by atoms with E-state index in [0.29, 0.717) is 6.54 Å². The van der Waals surface area contributed by atoms with Crippen molar-refractivity contribution in [1.82, 2.24) is 30.4 Å². The Hall–Kier alpha value is -1.96. The topological polar surface area (TPSA) is 84.7 Å². The maximum Gasteiger partial charge on any atom is 0.315 e. The van der Waals surface area contributed by atoms with Crippen molar-refractivity contribution in [2.45, 2.75) is 52.7 Å². The van der Waals surface area contributed by atoms with Crippen LogP contribution in [0, 0.1) is 12.8 Å². The maximum absolute atomic E-state index is 12.2. The fourth-order valence-corrected chi connectivity index (χ4v) is 3.51. The molecule has 3 heterocycles. The minimum Gasteiger partial charge on any atom is -0.333 e. The van der Waals surface area contributed by atoms with Crippen LogP contribution in [0.15, 0.2) is 6.20 Å². The Labute approximate surface area is 139 Å². The largest absolute Gasteiger partial charge is 0.333 e. The van der Waals surface area contributed by atoms with Gasteiger partial charge in [0.05, 0.1) is 17.6 Å². The van der Waals surface area contributed by atoms with E-state index in [1.165, 1.54) is 0 Å². The zero-order chi connectivity index (χ0) is 16.4. The third-order valence-electron chi connectivity index (χ3n) is 3.96. The van der Waals surface area contributed by atoms with Crippen molar-refractivity contribution >= 4 is 17.4 Å². The SMILES string of the molecule is Cc1ncc(CNC(=O)NC(c2nnc3n2CCC3)C(C)C)s1. The third-order valence-corrected chi connectivity index (χ3v) is 4.87. The van der Waals surface area contributed by atoms with E-state index in [0.717, 1.165) is 40.9 Å². The van der Waals surface area contributed by atoms with Gasteiger partial charge in [-0.05, 0) is 19.3 Å². The summed E-state index contributed by atoms with van der Waals surface area (Å²) in [5.74, 6) is 2.12. The molecule has 1 atom stereocenters. The number of rotatable bonds is 5. The van der Waals surface area contributed by atoms with Gasteiger partial charge >= 0.3 is 6.03 Å². The Bertz CT molecular complexity index is 692. The van der Waals surface area contributed by atoms with E-state index in [1.807, 2.05) is 6.92 Å². The molecule has 0 bridgehead atoms. The zero-order valence-corrected chi connectivity index (χ0v) is 14.5. The number of hydrogen-bond donors (Lipinski definition) is 2. The first kappa shape index (κ1) is 15.9. The lowest BCUT2D eigenvalue weighted by molar-refractivity contribution is 0.231. The molecular weight excluding hydrogens is 312 g/mol. The van der Waals surface area contributed by atoms with Gasteiger partial charge < -0.3 is 15.2 Å². The Morgan fingerprint density at radius 1 is 1.43 bits per heavy atom. The summed E-state index contributed by atoms with van der Waals surface area (Å²) in [5.41, 5.74) is 0. The van der Waals surface area contributed by atoms with E-state index in [4.69, 9.17) is 0 Å². The van der Waals surface area contributed by atoms with Gasteiger partial charge in [-0.25, -0.2) is 9.78 Å². The highest BCUT2D eigenvalue weighted by Crippen LogP contribution is 2.24. The number of nitrogens with one attached hydrogen (secondary N) is 2. The van der Waals surface area contributed by atoms with Gasteiger partial charge in [0.15, 0.2) is 5.82 Å². The average molecular weight is 334 g/mol. The summed E-state index contributed by atoms with van der Waals surface area (Å²) in [6, 6.07) is -0.331. The van der Waals surface area contributed by atoms with Gasteiger partial charge in [0.1, 0.15) is 5.82 Å². The van der Waals surface area contributed by atoms with Gasteiger partial charge in [0, 0.05) is 24.0 Å². The van der Waals surface area contributed by atoms with E-state index in [1.54, 1.807) is 17.5 Å². The van der Waals surface area contributed by atoms with Gasteiger partial charge in [0.25, 0.3) is 0 Å². The molecule has 1 aliphatic rings. The van der Waals surface area contributed by atoms with Crippen molar-refractivity contribution in [2.75, 3.05) is 0 Å². The van der Waals surface area contributed by atoms with Crippen molar-refractivity contribution < 1.29 is 4.79 Å². The lowest BCUT2D eigenvalue weighted by Gasteiger charge is -2.22.